The first-order chi connectivity index (χ1) is 8.64. The molecule has 0 unspecified atom stereocenters. The second kappa shape index (κ2) is 5.82. The highest BCUT2D eigenvalue weighted by molar-refractivity contribution is 7.89. The summed E-state index contributed by atoms with van der Waals surface area (Å²) in [5, 5.41) is 0. The fraction of sp³-hybridized carbons (Fsp3) is 0.538. The van der Waals surface area contributed by atoms with Crippen molar-refractivity contribution in [2.75, 3.05) is 19.6 Å². The number of hydrogen-bond donors (Lipinski definition) is 1. The minimum atomic E-state index is -3.28. The van der Waals surface area contributed by atoms with Crippen molar-refractivity contribution >= 4 is 10.0 Å². The summed E-state index contributed by atoms with van der Waals surface area (Å²) in [6.45, 7) is 1.92. The molecule has 1 fully saturated rings. The van der Waals surface area contributed by atoms with E-state index in [0.29, 0.717) is 24.5 Å². The Morgan fingerprint density at radius 2 is 1.94 bits per heavy atom. The Balaban J connectivity index is 2.21. The number of aryl methyl sites for hydroxylation is 1. The van der Waals surface area contributed by atoms with Gasteiger partial charge in [-0.05, 0) is 49.9 Å². The first kappa shape index (κ1) is 13.5. The van der Waals surface area contributed by atoms with Crippen molar-refractivity contribution in [1.29, 1.82) is 0 Å². The monoisotopic (exact) mass is 268 g/mol. The zero-order valence-electron chi connectivity index (χ0n) is 10.5. The molecule has 0 saturated carbocycles. The van der Waals surface area contributed by atoms with Crippen LogP contribution in [0, 0.1) is 0 Å². The van der Waals surface area contributed by atoms with Crippen LogP contribution in [-0.2, 0) is 16.4 Å². The van der Waals surface area contributed by atoms with Crippen molar-refractivity contribution < 1.29 is 8.42 Å². The van der Waals surface area contributed by atoms with Gasteiger partial charge in [0.05, 0.1) is 4.90 Å². The molecule has 0 spiro atoms. The Labute approximate surface area is 109 Å². The van der Waals surface area contributed by atoms with Gasteiger partial charge in [-0.2, -0.15) is 4.31 Å². The third-order valence-electron chi connectivity index (χ3n) is 3.27. The fourth-order valence-corrected chi connectivity index (χ4v) is 3.83. The Morgan fingerprint density at radius 3 is 2.61 bits per heavy atom. The Morgan fingerprint density at radius 1 is 1.22 bits per heavy atom. The zero-order chi connectivity index (χ0) is 13.0. The molecular formula is C13H20N2O2S. The molecule has 0 amide bonds. The van der Waals surface area contributed by atoms with E-state index in [9.17, 15) is 8.42 Å². The van der Waals surface area contributed by atoms with Crippen LogP contribution < -0.4 is 5.73 Å². The molecule has 4 nitrogen and oxygen atoms in total. The topological polar surface area (TPSA) is 63.4 Å². The van der Waals surface area contributed by atoms with Gasteiger partial charge in [-0.15, -0.1) is 0 Å². The Bertz CT molecular complexity index is 493. The summed E-state index contributed by atoms with van der Waals surface area (Å²) in [4.78, 5) is 0.416. The number of sulfonamides is 1. The maximum Gasteiger partial charge on any atom is 0.243 e. The maximum absolute atomic E-state index is 12.4. The number of nitrogens with zero attached hydrogens (tertiary/aromatic N) is 1. The van der Waals surface area contributed by atoms with Crippen molar-refractivity contribution in [1.82, 2.24) is 4.31 Å². The van der Waals surface area contributed by atoms with Crippen LogP contribution in [0.15, 0.2) is 29.2 Å². The molecule has 0 atom stereocenters. The van der Waals surface area contributed by atoms with Crippen LogP contribution in [0.25, 0.3) is 0 Å². The minimum absolute atomic E-state index is 0.416. The normalized spacial score (nSPS) is 17.2. The minimum Gasteiger partial charge on any atom is -0.330 e. The second-order valence-corrected chi connectivity index (χ2v) is 6.59. The van der Waals surface area contributed by atoms with Crippen molar-refractivity contribution in [3.63, 3.8) is 0 Å². The number of hydrogen-bond acceptors (Lipinski definition) is 3. The lowest BCUT2D eigenvalue weighted by atomic mass is 10.1. The highest BCUT2D eigenvalue weighted by Crippen LogP contribution is 2.21. The van der Waals surface area contributed by atoms with Gasteiger partial charge >= 0.3 is 0 Å². The van der Waals surface area contributed by atoms with Gasteiger partial charge in [-0.3, -0.25) is 0 Å². The first-order valence-corrected chi connectivity index (χ1v) is 7.88. The van der Waals surface area contributed by atoms with E-state index in [0.717, 1.165) is 31.2 Å². The van der Waals surface area contributed by atoms with Crippen LogP contribution in [0.1, 0.15) is 24.8 Å². The van der Waals surface area contributed by atoms with E-state index in [1.165, 1.54) is 0 Å². The van der Waals surface area contributed by atoms with E-state index in [4.69, 9.17) is 5.73 Å². The molecule has 5 heteroatoms. The molecule has 1 saturated heterocycles. The van der Waals surface area contributed by atoms with Crippen LogP contribution in [0.2, 0.25) is 0 Å². The molecule has 2 rings (SSSR count). The standard InChI is InChI=1S/C13H20N2O2S/c14-8-4-6-12-5-3-7-13(11-12)18(16,17)15-9-1-2-10-15/h3,5,7,11H,1-2,4,6,8-10,14H2. The fourth-order valence-electron chi connectivity index (χ4n) is 2.25. The first-order valence-electron chi connectivity index (χ1n) is 6.44. The summed E-state index contributed by atoms with van der Waals surface area (Å²) in [6, 6.07) is 7.23. The van der Waals surface area contributed by atoms with Gasteiger partial charge in [-0.1, -0.05) is 12.1 Å². The quantitative estimate of drug-likeness (QED) is 0.877. The zero-order valence-corrected chi connectivity index (χ0v) is 11.3. The molecule has 18 heavy (non-hydrogen) atoms. The number of nitrogens with two attached hydrogens (primary N) is 1. The lowest BCUT2D eigenvalue weighted by molar-refractivity contribution is 0.477. The van der Waals surface area contributed by atoms with Crippen LogP contribution in [0.4, 0.5) is 0 Å². The molecule has 2 N–H and O–H groups in total. The van der Waals surface area contributed by atoms with Crippen LogP contribution in [0.3, 0.4) is 0 Å². The van der Waals surface area contributed by atoms with Crippen LogP contribution >= 0.6 is 0 Å². The highest BCUT2D eigenvalue weighted by atomic mass is 32.2. The molecular weight excluding hydrogens is 248 g/mol. The summed E-state index contributed by atoms with van der Waals surface area (Å²) < 4.78 is 26.3. The van der Waals surface area contributed by atoms with E-state index in [1.807, 2.05) is 12.1 Å². The lowest BCUT2D eigenvalue weighted by Crippen LogP contribution is -2.27. The smallest absolute Gasteiger partial charge is 0.243 e. The van der Waals surface area contributed by atoms with Gasteiger partial charge < -0.3 is 5.73 Å². The third kappa shape index (κ3) is 2.91. The highest BCUT2D eigenvalue weighted by Gasteiger charge is 2.26. The summed E-state index contributed by atoms with van der Waals surface area (Å²) in [5.74, 6) is 0. The molecule has 1 aromatic carbocycles. The van der Waals surface area contributed by atoms with Crippen molar-refractivity contribution in [2.45, 2.75) is 30.6 Å². The van der Waals surface area contributed by atoms with E-state index in [-0.39, 0.29) is 0 Å². The average Bonchev–Trinajstić information content (AvgIpc) is 2.91. The van der Waals surface area contributed by atoms with E-state index in [1.54, 1.807) is 16.4 Å². The molecule has 0 aliphatic carbocycles. The molecule has 100 valence electrons. The van der Waals surface area contributed by atoms with Crippen molar-refractivity contribution in [3.05, 3.63) is 29.8 Å². The van der Waals surface area contributed by atoms with Gasteiger partial charge in [0.25, 0.3) is 0 Å². The van der Waals surface area contributed by atoms with E-state index < -0.39 is 10.0 Å². The van der Waals surface area contributed by atoms with Crippen molar-refractivity contribution in [3.8, 4) is 0 Å². The SMILES string of the molecule is NCCCc1cccc(S(=O)(=O)N2CCCC2)c1. The molecule has 1 aromatic rings. The summed E-state index contributed by atoms with van der Waals surface area (Å²) in [6.07, 6.45) is 3.64. The molecule has 0 aromatic heterocycles. The van der Waals surface area contributed by atoms with Crippen LogP contribution in [0.5, 0.6) is 0 Å². The number of rotatable bonds is 5. The largest absolute Gasteiger partial charge is 0.330 e. The Hall–Kier alpha value is -0.910. The predicted molar refractivity (Wildman–Crippen MR) is 71.8 cm³/mol. The second-order valence-electron chi connectivity index (χ2n) is 4.65. The van der Waals surface area contributed by atoms with E-state index >= 15 is 0 Å². The molecule has 0 radical (unpaired) electrons. The Kier molecular flexibility index (Phi) is 4.37. The molecule has 1 aliphatic heterocycles. The summed E-state index contributed by atoms with van der Waals surface area (Å²) >= 11 is 0. The van der Waals surface area contributed by atoms with Gasteiger partial charge in [0.1, 0.15) is 0 Å². The molecule has 0 bridgehead atoms. The van der Waals surface area contributed by atoms with Crippen molar-refractivity contribution in [2.24, 2.45) is 5.73 Å². The average molecular weight is 268 g/mol. The van der Waals surface area contributed by atoms with Gasteiger partial charge in [0, 0.05) is 13.1 Å². The van der Waals surface area contributed by atoms with Gasteiger partial charge in [0.15, 0.2) is 0 Å². The summed E-state index contributed by atoms with van der Waals surface area (Å²) in [5.41, 5.74) is 6.52. The molecule has 1 heterocycles. The van der Waals surface area contributed by atoms with Gasteiger partial charge in [0.2, 0.25) is 10.0 Å². The molecule has 1 aliphatic rings. The van der Waals surface area contributed by atoms with Gasteiger partial charge in [-0.25, -0.2) is 8.42 Å². The van der Waals surface area contributed by atoms with Crippen LogP contribution in [-0.4, -0.2) is 32.4 Å². The third-order valence-corrected chi connectivity index (χ3v) is 5.17. The van der Waals surface area contributed by atoms with E-state index in [2.05, 4.69) is 0 Å². The lowest BCUT2D eigenvalue weighted by Gasteiger charge is -2.16. The number of benzene rings is 1. The summed E-state index contributed by atoms with van der Waals surface area (Å²) in [7, 11) is -3.28. The maximum atomic E-state index is 12.4. The predicted octanol–water partition coefficient (Wildman–Crippen LogP) is 1.36.